The van der Waals surface area contributed by atoms with E-state index in [-0.39, 0.29) is 30.1 Å². The largest absolute Gasteiger partial charge is 0.496 e. The molecular weight excluding hydrogens is 451 g/mol. The molecule has 0 aliphatic heterocycles. The fourth-order valence-corrected chi connectivity index (χ4v) is 3.56. The number of para-hydroxylation sites is 1. The molecule has 11 heteroatoms. The predicted molar refractivity (Wildman–Crippen MR) is 120 cm³/mol. The molecule has 5 N–H and O–H groups in total. The summed E-state index contributed by atoms with van der Waals surface area (Å²) in [6, 6.07) is 11.2. The van der Waals surface area contributed by atoms with Crippen LogP contribution in [0.3, 0.4) is 0 Å². The second kappa shape index (κ2) is 9.86. The Labute approximate surface area is 193 Å². The average molecular weight is 475 g/mol. The standard InChI is InChI=1S/C23H24F3N5O3/c1-3-17(23(24,25)26)31-20(27)18(21(28)32)19(30-31)14-10-8-13(9-11-14)12-29-22(33)15-6-4-5-7-16(15)34-2/h4-11,17H,3,12,27H2,1-2H3,(H2,28,32)(H,29,33). The van der Waals surface area contributed by atoms with Crippen molar-refractivity contribution in [3.63, 3.8) is 0 Å². The number of primary amides is 1. The number of nitrogen functional groups attached to an aromatic ring is 1. The van der Waals surface area contributed by atoms with Crippen LogP contribution in [-0.4, -0.2) is 34.9 Å². The van der Waals surface area contributed by atoms with E-state index in [4.69, 9.17) is 16.2 Å². The Bertz CT molecular complexity index is 1190. The van der Waals surface area contributed by atoms with E-state index in [0.29, 0.717) is 27.1 Å². The lowest BCUT2D eigenvalue weighted by molar-refractivity contribution is -0.170. The number of amides is 2. The third kappa shape index (κ3) is 4.98. The number of nitrogens with zero attached hydrogens (tertiary/aromatic N) is 2. The number of benzene rings is 2. The second-order valence-corrected chi connectivity index (χ2v) is 7.46. The van der Waals surface area contributed by atoms with Crippen molar-refractivity contribution in [2.24, 2.45) is 5.73 Å². The van der Waals surface area contributed by atoms with E-state index < -0.39 is 23.9 Å². The number of nitrogens with one attached hydrogen (secondary N) is 1. The normalized spacial score (nSPS) is 12.3. The molecule has 1 atom stereocenters. The summed E-state index contributed by atoms with van der Waals surface area (Å²) in [6.45, 7) is 1.53. The van der Waals surface area contributed by atoms with Crippen molar-refractivity contribution in [2.45, 2.75) is 32.1 Å². The maximum absolute atomic E-state index is 13.4. The summed E-state index contributed by atoms with van der Waals surface area (Å²) in [5.74, 6) is -1.32. The second-order valence-electron chi connectivity index (χ2n) is 7.46. The number of hydrogen-bond donors (Lipinski definition) is 3. The molecule has 1 heterocycles. The monoisotopic (exact) mass is 475 g/mol. The summed E-state index contributed by atoms with van der Waals surface area (Å²) >= 11 is 0. The van der Waals surface area contributed by atoms with Gasteiger partial charge in [0.15, 0.2) is 0 Å². The topological polar surface area (TPSA) is 125 Å². The molecule has 180 valence electrons. The van der Waals surface area contributed by atoms with E-state index in [2.05, 4.69) is 10.4 Å². The molecule has 3 rings (SSSR count). The fourth-order valence-electron chi connectivity index (χ4n) is 3.56. The van der Waals surface area contributed by atoms with Gasteiger partial charge < -0.3 is 21.5 Å². The summed E-state index contributed by atoms with van der Waals surface area (Å²) in [6.07, 6.45) is -4.93. The van der Waals surface area contributed by atoms with Gasteiger partial charge in [0.2, 0.25) is 0 Å². The van der Waals surface area contributed by atoms with Gasteiger partial charge in [-0.25, -0.2) is 4.68 Å². The van der Waals surface area contributed by atoms with Gasteiger partial charge in [-0.15, -0.1) is 0 Å². The summed E-state index contributed by atoms with van der Waals surface area (Å²) in [5.41, 5.74) is 12.4. The van der Waals surface area contributed by atoms with Crippen LogP contribution in [0.4, 0.5) is 19.0 Å². The van der Waals surface area contributed by atoms with E-state index in [1.807, 2.05) is 0 Å². The van der Waals surface area contributed by atoms with Crippen LogP contribution in [0.5, 0.6) is 5.75 Å². The number of hydrogen-bond acceptors (Lipinski definition) is 5. The SMILES string of the molecule is CCC(n1nc(-c2ccc(CNC(=O)c3ccccc3OC)cc2)c(C(N)=O)c1N)C(F)(F)F. The fraction of sp³-hybridized carbons (Fsp3) is 0.261. The quantitative estimate of drug-likeness (QED) is 0.458. The molecule has 0 fully saturated rings. The molecule has 0 aliphatic rings. The number of anilines is 1. The van der Waals surface area contributed by atoms with Crippen LogP contribution in [0.25, 0.3) is 11.3 Å². The van der Waals surface area contributed by atoms with Crippen LogP contribution in [0.1, 0.15) is 45.7 Å². The van der Waals surface area contributed by atoms with Crippen molar-refractivity contribution in [3.05, 3.63) is 65.2 Å². The molecule has 0 spiro atoms. The maximum atomic E-state index is 13.4. The minimum absolute atomic E-state index is 0.0442. The van der Waals surface area contributed by atoms with Crippen molar-refractivity contribution in [1.82, 2.24) is 15.1 Å². The van der Waals surface area contributed by atoms with Gasteiger partial charge in [-0.1, -0.05) is 43.3 Å². The molecule has 1 aromatic heterocycles. The van der Waals surface area contributed by atoms with Crippen LogP contribution < -0.4 is 21.5 Å². The highest BCUT2D eigenvalue weighted by Gasteiger charge is 2.42. The van der Waals surface area contributed by atoms with E-state index >= 15 is 0 Å². The highest BCUT2D eigenvalue weighted by Crippen LogP contribution is 2.37. The van der Waals surface area contributed by atoms with Gasteiger partial charge in [0.1, 0.15) is 28.9 Å². The lowest BCUT2D eigenvalue weighted by Gasteiger charge is -2.20. The smallest absolute Gasteiger partial charge is 0.410 e. The Morgan fingerprint density at radius 1 is 1.15 bits per heavy atom. The minimum atomic E-state index is -4.61. The first kappa shape index (κ1) is 24.6. The number of halogens is 3. The first-order valence-corrected chi connectivity index (χ1v) is 10.3. The van der Waals surface area contributed by atoms with Crippen LogP contribution in [0, 0.1) is 0 Å². The number of methoxy groups -OCH3 is 1. The molecule has 2 amide bonds. The number of carbonyl (C=O) groups excluding carboxylic acids is 2. The zero-order valence-electron chi connectivity index (χ0n) is 18.5. The maximum Gasteiger partial charge on any atom is 0.410 e. The Balaban J connectivity index is 1.85. The number of nitrogens with two attached hydrogens (primary N) is 2. The van der Waals surface area contributed by atoms with E-state index in [9.17, 15) is 22.8 Å². The molecule has 8 nitrogen and oxygen atoms in total. The van der Waals surface area contributed by atoms with Crippen molar-refractivity contribution < 1.29 is 27.5 Å². The van der Waals surface area contributed by atoms with E-state index in [1.54, 1.807) is 48.5 Å². The van der Waals surface area contributed by atoms with Gasteiger partial charge in [-0.05, 0) is 24.1 Å². The van der Waals surface area contributed by atoms with Crippen LogP contribution in [0.15, 0.2) is 48.5 Å². The summed E-state index contributed by atoms with van der Waals surface area (Å²) in [7, 11) is 1.47. The van der Waals surface area contributed by atoms with Crippen molar-refractivity contribution >= 4 is 17.6 Å². The van der Waals surface area contributed by atoms with Gasteiger partial charge in [0, 0.05) is 12.1 Å². The Kier molecular flexibility index (Phi) is 7.14. The lowest BCUT2D eigenvalue weighted by Crippen LogP contribution is -2.28. The Hall–Kier alpha value is -4.02. The molecule has 2 aromatic carbocycles. The molecule has 0 aliphatic carbocycles. The van der Waals surface area contributed by atoms with Gasteiger partial charge in [-0.3, -0.25) is 9.59 Å². The molecule has 1 unspecified atom stereocenters. The van der Waals surface area contributed by atoms with Crippen LogP contribution >= 0.6 is 0 Å². The van der Waals surface area contributed by atoms with E-state index in [1.165, 1.54) is 14.0 Å². The van der Waals surface area contributed by atoms with Crippen molar-refractivity contribution in [3.8, 4) is 17.0 Å². The molecule has 3 aromatic rings. The predicted octanol–water partition coefficient (Wildman–Crippen LogP) is 3.68. The molecule has 0 bridgehead atoms. The average Bonchev–Trinajstić information content (AvgIpc) is 3.14. The minimum Gasteiger partial charge on any atom is -0.496 e. The molecule has 0 saturated heterocycles. The molecule has 0 saturated carbocycles. The molecular formula is C23H24F3N5O3. The number of rotatable bonds is 8. The highest BCUT2D eigenvalue weighted by atomic mass is 19.4. The van der Waals surface area contributed by atoms with Crippen LogP contribution in [-0.2, 0) is 6.54 Å². The number of aromatic nitrogens is 2. The Morgan fingerprint density at radius 3 is 2.35 bits per heavy atom. The van der Waals surface area contributed by atoms with Crippen LogP contribution in [0.2, 0.25) is 0 Å². The van der Waals surface area contributed by atoms with Gasteiger partial charge in [-0.2, -0.15) is 18.3 Å². The molecule has 0 radical (unpaired) electrons. The Morgan fingerprint density at radius 2 is 1.79 bits per heavy atom. The van der Waals surface area contributed by atoms with Crippen molar-refractivity contribution in [1.29, 1.82) is 0 Å². The summed E-state index contributed by atoms with van der Waals surface area (Å²) in [5, 5.41) is 6.76. The third-order valence-electron chi connectivity index (χ3n) is 5.29. The van der Waals surface area contributed by atoms with E-state index in [0.717, 1.165) is 0 Å². The highest BCUT2D eigenvalue weighted by molar-refractivity contribution is 6.03. The number of alkyl halides is 3. The third-order valence-corrected chi connectivity index (χ3v) is 5.29. The van der Waals surface area contributed by atoms with Crippen molar-refractivity contribution in [2.75, 3.05) is 12.8 Å². The molecule has 34 heavy (non-hydrogen) atoms. The summed E-state index contributed by atoms with van der Waals surface area (Å²) in [4.78, 5) is 24.4. The zero-order valence-corrected chi connectivity index (χ0v) is 18.5. The first-order valence-electron chi connectivity index (χ1n) is 10.3. The van der Waals surface area contributed by atoms with Gasteiger partial charge >= 0.3 is 6.18 Å². The number of carbonyl (C=O) groups is 2. The first-order chi connectivity index (χ1) is 16.1. The van der Waals surface area contributed by atoms with Gasteiger partial charge in [0.05, 0.1) is 12.7 Å². The van der Waals surface area contributed by atoms with Gasteiger partial charge in [0.25, 0.3) is 11.8 Å². The number of ether oxygens (including phenoxy) is 1. The lowest BCUT2D eigenvalue weighted by atomic mass is 10.0. The zero-order chi connectivity index (χ0) is 25.0. The summed E-state index contributed by atoms with van der Waals surface area (Å²) < 4.78 is 46.1.